The number of benzene rings is 1. The molecule has 28 heavy (non-hydrogen) atoms. The largest absolute Gasteiger partial charge is 0.423 e. The number of aryl methyl sites for hydroxylation is 2. The molecule has 0 aliphatic carbocycles. The molecule has 0 aliphatic heterocycles. The maximum atomic E-state index is 12.9. The Kier molecular flexibility index (Phi) is 6.98. The quantitative estimate of drug-likeness (QED) is 0.302. The summed E-state index contributed by atoms with van der Waals surface area (Å²) in [7, 11) is -1.39. The van der Waals surface area contributed by atoms with Crippen molar-refractivity contribution in [3.8, 4) is 6.07 Å². The van der Waals surface area contributed by atoms with Crippen molar-refractivity contribution in [1.29, 1.82) is 5.26 Å². The zero-order chi connectivity index (χ0) is 20.9. The van der Waals surface area contributed by atoms with Crippen molar-refractivity contribution in [2.75, 3.05) is 0 Å². The second-order valence-electron chi connectivity index (χ2n) is 7.88. The van der Waals surface area contributed by atoms with Gasteiger partial charge >= 0.3 is 5.97 Å². The summed E-state index contributed by atoms with van der Waals surface area (Å²) in [6.45, 7) is 13.3. The van der Waals surface area contributed by atoms with Gasteiger partial charge in [-0.15, -0.1) is 0 Å². The van der Waals surface area contributed by atoms with Crippen LogP contribution in [0.5, 0.6) is 0 Å². The molecular formula is C22H29N3O2Si. The van der Waals surface area contributed by atoms with E-state index in [1.807, 2.05) is 45.0 Å². The first-order valence-corrected chi connectivity index (χ1v) is 13.2. The first kappa shape index (κ1) is 21.6. The Hall–Kier alpha value is -2.65. The summed E-state index contributed by atoms with van der Waals surface area (Å²) < 4.78 is 7.42. The fourth-order valence-corrected chi connectivity index (χ4v) is 4.30. The van der Waals surface area contributed by atoms with E-state index in [-0.39, 0.29) is 17.6 Å². The van der Waals surface area contributed by atoms with Gasteiger partial charge in [-0.1, -0.05) is 56.0 Å². The minimum Gasteiger partial charge on any atom is -0.423 e. The van der Waals surface area contributed by atoms with Crippen LogP contribution in [-0.2, 0) is 16.1 Å². The number of nitriles is 1. The molecule has 1 aromatic heterocycles. The number of carbonyl (C=O) groups is 1. The Morgan fingerprint density at radius 2 is 1.93 bits per heavy atom. The molecule has 148 valence electrons. The average Bonchev–Trinajstić information content (AvgIpc) is 3.02. The lowest BCUT2D eigenvalue weighted by atomic mass is 9.97. The van der Waals surface area contributed by atoms with Gasteiger partial charge in [0.15, 0.2) is 5.76 Å². The zero-order valence-electron chi connectivity index (χ0n) is 17.6. The normalized spacial score (nSPS) is 13.1. The fourth-order valence-electron chi connectivity index (χ4n) is 3.13. The summed E-state index contributed by atoms with van der Waals surface area (Å²) in [5.74, 6) is -0.491. The van der Waals surface area contributed by atoms with E-state index in [9.17, 15) is 4.79 Å². The Morgan fingerprint density at radius 1 is 1.29 bits per heavy atom. The number of hydrogen-bond acceptors (Lipinski definition) is 4. The number of nitrogens with zero attached hydrogens (tertiary/aromatic N) is 3. The summed E-state index contributed by atoms with van der Waals surface area (Å²) >= 11 is 0. The first-order valence-electron chi connectivity index (χ1n) is 9.68. The SMILES string of the molecule is CCC(C(=O)O/C(=C\C#N)c1cc(C)nn1CC)c1ccc([Si](C)(C)C)cc1. The van der Waals surface area contributed by atoms with Gasteiger partial charge in [0.1, 0.15) is 5.69 Å². The summed E-state index contributed by atoms with van der Waals surface area (Å²) in [5, 5.41) is 14.9. The molecule has 0 fully saturated rings. The van der Waals surface area contributed by atoms with E-state index in [0.29, 0.717) is 18.7 Å². The Bertz CT molecular complexity index is 899. The van der Waals surface area contributed by atoms with Crippen LogP contribution in [0.1, 0.15) is 43.1 Å². The van der Waals surface area contributed by atoms with Crippen molar-refractivity contribution in [3.05, 3.63) is 53.4 Å². The molecule has 1 unspecified atom stereocenters. The molecule has 2 rings (SSSR count). The van der Waals surface area contributed by atoms with Gasteiger partial charge in [-0.3, -0.25) is 9.48 Å². The first-order chi connectivity index (χ1) is 13.2. The fraction of sp³-hybridized carbons (Fsp3) is 0.409. The van der Waals surface area contributed by atoms with E-state index in [0.717, 1.165) is 11.3 Å². The summed E-state index contributed by atoms with van der Waals surface area (Å²) in [4.78, 5) is 12.9. The number of aromatic nitrogens is 2. The molecule has 6 heteroatoms. The molecule has 0 radical (unpaired) electrons. The average molecular weight is 396 g/mol. The second-order valence-corrected chi connectivity index (χ2v) is 13.0. The molecule has 0 N–H and O–H groups in total. The van der Waals surface area contributed by atoms with Crippen LogP contribution in [0.4, 0.5) is 0 Å². The molecule has 0 amide bonds. The molecule has 0 saturated carbocycles. The third-order valence-electron chi connectivity index (χ3n) is 4.73. The third kappa shape index (κ3) is 4.99. The number of carbonyl (C=O) groups excluding carboxylic acids is 1. The summed E-state index contributed by atoms with van der Waals surface area (Å²) in [6.07, 6.45) is 1.89. The smallest absolute Gasteiger partial charge is 0.318 e. The van der Waals surface area contributed by atoms with Gasteiger partial charge in [0.2, 0.25) is 0 Å². The lowest BCUT2D eigenvalue weighted by Gasteiger charge is -2.19. The predicted octanol–water partition coefficient (Wildman–Crippen LogP) is 4.36. The van der Waals surface area contributed by atoms with E-state index in [2.05, 4.69) is 36.9 Å². The van der Waals surface area contributed by atoms with Crippen molar-refractivity contribution in [2.45, 2.75) is 59.3 Å². The van der Waals surface area contributed by atoms with Crippen LogP contribution in [0.25, 0.3) is 5.76 Å². The van der Waals surface area contributed by atoms with E-state index in [4.69, 9.17) is 10.00 Å². The highest BCUT2D eigenvalue weighted by molar-refractivity contribution is 6.88. The molecule has 5 nitrogen and oxygen atoms in total. The van der Waals surface area contributed by atoms with Crippen LogP contribution in [0.15, 0.2) is 36.4 Å². The van der Waals surface area contributed by atoms with Crippen LogP contribution < -0.4 is 5.19 Å². The Labute approximate surface area is 168 Å². The van der Waals surface area contributed by atoms with Gasteiger partial charge in [-0.2, -0.15) is 10.4 Å². The maximum Gasteiger partial charge on any atom is 0.318 e. The van der Waals surface area contributed by atoms with Crippen molar-refractivity contribution in [2.24, 2.45) is 0 Å². The zero-order valence-corrected chi connectivity index (χ0v) is 18.6. The number of hydrogen-bond donors (Lipinski definition) is 0. The number of rotatable bonds is 7. The molecule has 1 atom stereocenters. The number of allylic oxidation sites excluding steroid dienone is 1. The van der Waals surface area contributed by atoms with Crippen LogP contribution in [-0.4, -0.2) is 23.8 Å². The maximum absolute atomic E-state index is 12.9. The lowest BCUT2D eigenvalue weighted by Crippen LogP contribution is -2.37. The minimum absolute atomic E-state index is 0.243. The minimum atomic E-state index is -1.39. The van der Waals surface area contributed by atoms with E-state index >= 15 is 0 Å². The molecule has 2 aromatic rings. The second kappa shape index (κ2) is 9.02. The van der Waals surface area contributed by atoms with Crippen molar-refractivity contribution >= 4 is 25.0 Å². The highest BCUT2D eigenvalue weighted by Crippen LogP contribution is 2.25. The molecule has 0 spiro atoms. The Morgan fingerprint density at radius 3 is 2.43 bits per heavy atom. The molecule has 0 saturated heterocycles. The lowest BCUT2D eigenvalue weighted by molar-refractivity contribution is -0.138. The van der Waals surface area contributed by atoms with Gasteiger partial charge in [-0.25, -0.2) is 0 Å². The molecule has 1 heterocycles. The predicted molar refractivity (Wildman–Crippen MR) is 115 cm³/mol. The molecular weight excluding hydrogens is 366 g/mol. The molecule has 0 aliphatic rings. The van der Waals surface area contributed by atoms with E-state index in [1.54, 1.807) is 4.68 Å². The van der Waals surface area contributed by atoms with E-state index in [1.165, 1.54) is 11.3 Å². The van der Waals surface area contributed by atoms with Crippen molar-refractivity contribution < 1.29 is 9.53 Å². The van der Waals surface area contributed by atoms with Gasteiger partial charge in [0.05, 0.1) is 31.8 Å². The van der Waals surface area contributed by atoms with Crippen molar-refractivity contribution in [3.63, 3.8) is 0 Å². The molecule has 0 bridgehead atoms. The van der Waals surface area contributed by atoms with Crippen LogP contribution in [0.3, 0.4) is 0 Å². The van der Waals surface area contributed by atoms with Gasteiger partial charge in [0.25, 0.3) is 0 Å². The highest BCUT2D eigenvalue weighted by atomic mass is 28.3. The van der Waals surface area contributed by atoms with Crippen LogP contribution in [0.2, 0.25) is 19.6 Å². The van der Waals surface area contributed by atoms with Gasteiger partial charge < -0.3 is 4.74 Å². The summed E-state index contributed by atoms with van der Waals surface area (Å²) in [6, 6.07) is 12.1. The van der Waals surface area contributed by atoms with Gasteiger partial charge in [0, 0.05) is 6.54 Å². The number of esters is 1. The van der Waals surface area contributed by atoms with Gasteiger partial charge in [-0.05, 0) is 31.9 Å². The standard InChI is InChI=1S/C22H29N3O2Si/c1-7-19(17-9-11-18(12-10-17)28(4,5)6)22(26)27-21(13-14-23)20-15-16(3)24-25(20)8-2/h9-13,15,19H,7-8H2,1-6H3/b21-13-. The Balaban J connectivity index is 2.28. The van der Waals surface area contributed by atoms with Crippen molar-refractivity contribution in [1.82, 2.24) is 9.78 Å². The number of ether oxygens (including phenoxy) is 1. The summed E-state index contributed by atoms with van der Waals surface area (Å²) in [5.41, 5.74) is 2.38. The monoisotopic (exact) mass is 395 g/mol. The third-order valence-corrected chi connectivity index (χ3v) is 6.80. The van der Waals surface area contributed by atoms with Crippen LogP contribution in [0, 0.1) is 18.3 Å². The van der Waals surface area contributed by atoms with E-state index < -0.39 is 8.07 Å². The highest BCUT2D eigenvalue weighted by Gasteiger charge is 2.24. The topological polar surface area (TPSA) is 67.9 Å². The van der Waals surface area contributed by atoms with Crippen LogP contribution >= 0.6 is 0 Å². The molecule has 1 aromatic carbocycles.